The lowest BCUT2D eigenvalue weighted by molar-refractivity contribution is -0.148. The quantitative estimate of drug-likeness (QED) is 0.782. The lowest BCUT2D eigenvalue weighted by Crippen LogP contribution is -2.43. The van der Waals surface area contributed by atoms with Gasteiger partial charge in [-0.2, -0.15) is 0 Å². The molecule has 0 spiro atoms. The molecule has 1 N–H and O–H groups in total. The molecule has 1 aliphatic rings. The Hall–Kier alpha value is -0.570. The van der Waals surface area contributed by atoms with Crippen LogP contribution in [0.15, 0.2) is 0 Å². The van der Waals surface area contributed by atoms with E-state index >= 15 is 0 Å². The lowest BCUT2D eigenvalue weighted by Gasteiger charge is -2.33. The van der Waals surface area contributed by atoms with Crippen LogP contribution >= 0.6 is 0 Å². The Balaban J connectivity index is 2.58. The molecule has 0 amide bonds. The van der Waals surface area contributed by atoms with Crippen molar-refractivity contribution in [1.82, 2.24) is 4.90 Å². The third-order valence-corrected chi connectivity index (χ3v) is 3.37. The van der Waals surface area contributed by atoms with Crippen molar-refractivity contribution in [3.05, 3.63) is 0 Å². The lowest BCUT2D eigenvalue weighted by atomic mass is 9.92. The fourth-order valence-electron chi connectivity index (χ4n) is 2.14. The Morgan fingerprint density at radius 1 is 1.40 bits per heavy atom. The average Bonchev–Trinajstić information content (AvgIpc) is 2.31. The van der Waals surface area contributed by atoms with E-state index in [0.29, 0.717) is 12.6 Å². The zero-order valence-corrected chi connectivity index (χ0v) is 10.1. The summed E-state index contributed by atoms with van der Waals surface area (Å²) < 4.78 is 0. The SMILES string of the molecule is CC1CCCCCN1CC(C)(C)C(=O)O. The first-order valence-corrected chi connectivity index (χ1v) is 5.91. The average molecular weight is 213 g/mol. The van der Waals surface area contributed by atoms with Gasteiger partial charge in [-0.3, -0.25) is 9.69 Å². The van der Waals surface area contributed by atoms with E-state index in [0.717, 1.165) is 6.54 Å². The molecular weight excluding hydrogens is 190 g/mol. The van der Waals surface area contributed by atoms with Gasteiger partial charge in [-0.25, -0.2) is 0 Å². The van der Waals surface area contributed by atoms with Crippen LogP contribution in [0.3, 0.4) is 0 Å². The summed E-state index contributed by atoms with van der Waals surface area (Å²) in [4.78, 5) is 13.4. The highest BCUT2D eigenvalue weighted by Crippen LogP contribution is 2.23. The Bertz CT molecular complexity index is 226. The third-order valence-electron chi connectivity index (χ3n) is 3.37. The predicted molar refractivity (Wildman–Crippen MR) is 60.9 cm³/mol. The standard InChI is InChI=1S/C12H23NO2/c1-10-7-5-4-6-8-13(10)9-12(2,3)11(14)15/h10H,4-9H2,1-3H3,(H,14,15). The van der Waals surface area contributed by atoms with Gasteiger partial charge in [0, 0.05) is 12.6 Å². The Morgan fingerprint density at radius 2 is 2.07 bits per heavy atom. The number of carbonyl (C=O) groups is 1. The van der Waals surface area contributed by atoms with Crippen molar-refractivity contribution in [2.45, 2.75) is 52.5 Å². The second-order valence-corrected chi connectivity index (χ2v) is 5.36. The van der Waals surface area contributed by atoms with Crippen molar-refractivity contribution >= 4 is 5.97 Å². The van der Waals surface area contributed by atoms with Gasteiger partial charge in [-0.05, 0) is 40.2 Å². The highest BCUT2D eigenvalue weighted by molar-refractivity contribution is 5.73. The molecule has 1 heterocycles. The van der Waals surface area contributed by atoms with Gasteiger partial charge in [0.15, 0.2) is 0 Å². The maximum Gasteiger partial charge on any atom is 0.310 e. The molecule has 3 nitrogen and oxygen atoms in total. The van der Waals surface area contributed by atoms with E-state index in [9.17, 15) is 4.79 Å². The predicted octanol–water partition coefficient (Wildman–Crippen LogP) is 2.36. The number of hydrogen-bond acceptors (Lipinski definition) is 2. The maximum absolute atomic E-state index is 11.1. The molecule has 0 aromatic rings. The van der Waals surface area contributed by atoms with E-state index in [1.54, 1.807) is 0 Å². The van der Waals surface area contributed by atoms with Gasteiger partial charge in [-0.15, -0.1) is 0 Å². The van der Waals surface area contributed by atoms with Gasteiger partial charge in [0.2, 0.25) is 0 Å². The van der Waals surface area contributed by atoms with Crippen molar-refractivity contribution in [1.29, 1.82) is 0 Å². The number of likely N-dealkylation sites (tertiary alicyclic amines) is 1. The first kappa shape index (κ1) is 12.5. The summed E-state index contributed by atoms with van der Waals surface area (Å²) >= 11 is 0. The van der Waals surface area contributed by atoms with E-state index in [1.165, 1.54) is 25.7 Å². The van der Waals surface area contributed by atoms with Crippen LogP contribution in [-0.4, -0.2) is 35.1 Å². The molecule has 0 aromatic carbocycles. The van der Waals surface area contributed by atoms with E-state index in [4.69, 9.17) is 5.11 Å². The van der Waals surface area contributed by atoms with Crippen LogP contribution in [0.5, 0.6) is 0 Å². The third kappa shape index (κ3) is 3.49. The van der Waals surface area contributed by atoms with Crippen molar-refractivity contribution in [3.63, 3.8) is 0 Å². The van der Waals surface area contributed by atoms with E-state index in [1.807, 2.05) is 13.8 Å². The van der Waals surface area contributed by atoms with Gasteiger partial charge < -0.3 is 5.11 Å². The first-order chi connectivity index (χ1) is 6.93. The summed E-state index contributed by atoms with van der Waals surface area (Å²) in [7, 11) is 0. The molecule has 3 heteroatoms. The smallest absolute Gasteiger partial charge is 0.310 e. The zero-order chi connectivity index (χ0) is 11.5. The van der Waals surface area contributed by atoms with Crippen LogP contribution < -0.4 is 0 Å². The summed E-state index contributed by atoms with van der Waals surface area (Å²) in [6.45, 7) is 7.56. The number of carboxylic acids is 1. The topological polar surface area (TPSA) is 40.5 Å². The molecule has 1 unspecified atom stereocenters. The van der Waals surface area contributed by atoms with Crippen LogP contribution in [0.1, 0.15) is 46.5 Å². The largest absolute Gasteiger partial charge is 0.481 e. The van der Waals surface area contributed by atoms with Gasteiger partial charge >= 0.3 is 5.97 Å². The van der Waals surface area contributed by atoms with Crippen molar-refractivity contribution in [2.24, 2.45) is 5.41 Å². The maximum atomic E-state index is 11.1. The molecular formula is C12H23NO2. The summed E-state index contributed by atoms with van der Waals surface area (Å²) in [6.07, 6.45) is 4.98. The Kier molecular flexibility index (Phi) is 4.14. The van der Waals surface area contributed by atoms with E-state index < -0.39 is 11.4 Å². The van der Waals surface area contributed by atoms with Crippen LogP contribution in [-0.2, 0) is 4.79 Å². The molecule has 1 saturated heterocycles. The van der Waals surface area contributed by atoms with Crippen molar-refractivity contribution in [3.8, 4) is 0 Å². The minimum Gasteiger partial charge on any atom is -0.481 e. The normalized spacial score (nSPS) is 24.9. The summed E-state index contributed by atoms with van der Waals surface area (Å²) in [5.74, 6) is -0.695. The minimum absolute atomic E-state index is 0.533. The molecule has 1 fully saturated rings. The molecule has 0 aromatic heterocycles. The highest BCUT2D eigenvalue weighted by atomic mass is 16.4. The number of nitrogens with zero attached hydrogens (tertiary/aromatic N) is 1. The zero-order valence-electron chi connectivity index (χ0n) is 10.1. The van der Waals surface area contributed by atoms with E-state index in [2.05, 4.69) is 11.8 Å². The molecule has 1 aliphatic heterocycles. The fraction of sp³-hybridized carbons (Fsp3) is 0.917. The molecule has 1 atom stereocenters. The van der Waals surface area contributed by atoms with Gasteiger partial charge in [0.05, 0.1) is 5.41 Å². The van der Waals surface area contributed by atoms with Crippen LogP contribution in [0.2, 0.25) is 0 Å². The first-order valence-electron chi connectivity index (χ1n) is 5.91. The van der Waals surface area contributed by atoms with Crippen molar-refractivity contribution < 1.29 is 9.90 Å². The molecule has 0 bridgehead atoms. The summed E-state index contributed by atoms with van der Waals surface area (Å²) in [6, 6.07) is 0.533. The minimum atomic E-state index is -0.695. The second-order valence-electron chi connectivity index (χ2n) is 5.36. The van der Waals surface area contributed by atoms with Crippen LogP contribution in [0.25, 0.3) is 0 Å². The number of aliphatic carboxylic acids is 1. The Morgan fingerprint density at radius 3 is 2.67 bits per heavy atom. The van der Waals surface area contributed by atoms with Crippen LogP contribution in [0.4, 0.5) is 0 Å². The second kappa shape index (κ2) is 4.97. The molecule has 0 radical (unpaired) electrons. The van der Waals surface area contributed by atoms with Gasteiger partial charge in [0.25, 0.3) is 0 Å². The monoisotopic (exact) mass is 213 g/mol. The summed E-state index contributed by atoms with van der Waals surface area (Å²) in [5, 5.41) is 9.10. The molecule has 1 rings (SSSR count). The number of carboxylic acid groups (broad SMARTS) is 1. The molecule has 88 valence electrons. The molecule has 0 aliphatic carbocycles. The van der Waals surface area contributed by atoms with Crippen molar-refractivity contribution in [2.75, 3.05) is 13.1 Å². The fourth-order valence-corrected chi connectivity index (χ4v) is 2.14. The van der Waals surface area contributed by atoms with Crippen LogP contribution in [0, 0.1) is 5.41 Å². The summed E-state index contributed by atoms with van der Waals surface area (Å²) in [5.41, 5.74) is -0.626. The van der Waals surface area contributed by atoms with E-state index in [-0.39, 0.29) is 0 Å². The molecule has 15 heavy (non-hydrogen) atoms. The van der Waals surface area contributed by atoms with Gasteiger partial charge in [0.1, 0.15) is 0 Å². The van der Waals surface area contributed by atoms with Gasteiger partial charge in [-0.1, -0.05) is 12.8 Å². The molecule has 0 saturated carbocycles. The number of hydrogen-bond donors (Lipinski definition) is 1. The number of rotatable bonds is 3. The Labute approximate surface area is 92.5 Å². The highest BCUT2D eigenvalue weighted by Gasteiger charge is 2.31.